The number of aliphatic hydroxyl groups is 1. The van der Waals surface area contributed by atoms with E-state index in [1.54, 1.807) is 0 Å². The Bertz CT molecular complexity index is 402. The SMILES string of the molecule is OC(/C=C/c1ccc(Cl)cc1Cl)C(F)(F)F. The van der Waals surface area contributed by atoms with E-state index >= 15 is 0 Å². The zero-order valence-corrected chi connectivity index (χ0v) is 9.31. The van der Waals surface area contributed by atoms with Gasteiger partial charge in [-0.15, -0.1) is 0 Å². The van der Waals surface area contributed by atoms with Crippen molar-refractivity contribution in [1.82, 2.24) is 0 Å². The number of hydrogen-bond acceptors (Lipinski definition) is 1. The third-order valence-corrected chi connectivity index (χ3v) is 2.32. The van der Waals surface area contributed by atoms with Crippen LogP contribution in [0.5, 0.6) is 0 Å². The molecule has 0 bridgehead atoms. The van der Waals surface area contributed by atoms with E-state index in [1.165, 1.54) is 18.2 Å². The van der Waals surface area contributed by atoms with Crippen LogP contribution in [0.25, 0.3) is 6.08 Å². The van der Waals surface area contributed by atoms with Gasteiger partial charge in [-0.25, -0.2) is 0 Å². The van der Waals surface area contributed by atoms with Crippen molar-refractivity contribution in [2.75, 3.05) is 0 Å². The lowest BCUT2D eigenvalue weighted by molar-refractivity contribution is -0.187. The highest BCUT2D eigenvalue weighted by Crippen LogP contribution is 2.24. The van der Waals surface area contributed by atoms with E-state index < -0.39 is 12.3 Å². The van der Waals surface area contributed by atoms with Crippen molar-refractivity contribution >= 4 is 29.3 Å². The standard InChI is InChI=1S/C10H7Cl2F3O/c11-7-3-1-6(8(12)5-7)2-4-9(16)10(13,14)15/h1-5,9,16H/b4-2+. The van der Waals surface area contributed by atoms with Gasteiger partial charge in [-0.1, -0.05) is 35.3 Å². The molecule has 1 atom stereocenters. The maximum absolute atomic E-state index is 12.0. The molecule has 0 amide bonds. The molecular weight excluding hydrogens is 264 g/mol. The Hall–Kier alpha value is -0.710. The quantitative estimate of drug-likeness (QED) is 0.864. The van der Waals surface area contributed by atoms with Gasteiger partial charge >= 0.3 is 6.18 Å². The van der Waals surface area contributed by atoms with Gasteiger partial charge in [0.15, 0.2) is 6.10 Å². The van der Waals surface area contributed by atoms with E-state index in [0.29, 0.717) is 16.7 Å². The van der Waals surface area contributed by atoms with Crippen molar-refractivity contribution < 1.29 is 18.3 Å². The molecule has 0 aliphatic carbocycles. The average Bonchev–Trinajstić information content (AvgIpc) is 2.14. The van der Waals surface area contributed by atoms with Crippen LogP contribution in [0.1, 0.15) is 5.56 Å². The van der Waals surface area contributed by atoms with E-state index in [1.807, 2.05) is 0 Å². The Kier molecular flexibility index (Phi) is 4.24. The van der Waals surface area contributed by atoms with Crippen LogP contribution >= 0.6 is 23.2 Å². The number of rotatable bonds is 2. The van der Waals surface area contributed by atoms with E-state index in [-0.39, 0.29) is 5.02 Å². The minimum absolute atomic E-state index is 0.220. The van der Waals surface area contributed by atoms with E-state index in [9.17, 15) is 13.2 Å². The Labute approximate surface area is 100 Å². The maximum atomic E-state index is 12.0. The van der Waals surface area contributed by atoms with Crippen molar-refractivity contribution in [3.63, 3.8) is 0 Å². The van der Waals surface area contributed by atoms with Crippen LogP contribution < -0.4 is 0 Å². The Morgan fingerprint density at radius 1 is 1.25 bits per heavy atom. The van der Waals surface area contributed by atoms with Gasteiger partial charge in [0.2, 0.25) is 0 Å². The minimum atomic E-state index is -4.67. The highest BCUT2D eigenvalue weighted by molar-refractivity contribution is 6.35. The summed E-state index contributed by atoms with van der Waals surface area (Å²) in [5.74, 6) is 0. The van der Waals surface area contributed by atoms with Crippen LogP contribution in [-0.2, 0) is 0 Å². The lowest BCUT2D eigenvalue weighted by Crippen LogP contribution is -2.25. The van der Waals surface area contributed by atoms with Crippen LogP contribution in [-0.4, -0.2) is 17.4 Å². The summed E-state index contributed by atoms with van der Waals surface area (Å²) in [6.45, 7) is 0. The third-order valence-electron chi connectivity index (χ3n) is 1.76. The monoisotopic (exact) mass is 270 g/mol. The summed E-state index contributed by atoms with van der Waals surface area (Å²) in [5.41, 5.74) is 0.356. The van der Waals surface area contributed by atoms with Gasteiger partial charge in [0.1, 0.15) is 0 Å². The molecule has 1 aromatic carbocycles. The Morgan fingerprint density at radius 2 is 1.88 bits per heavy atom. The molecule has 0 aliphatic heterocycles. The van der Waals surface area contributed by atoms with Crippen LogP contribution in [0.15, 0.2) is 24.3 Å². The molecule has 1 rings (SSSR count). The summed E-state index contributed by atoms with van der Waals surface area (Å²) in [5, 5.41) is 9.32. The summed E-state index contributed by atoms with van der Waals surface area (Å²) in [6.07, 6.45) is -5.46. The first-order valence-corrected chi connectivity index (χ1v) is 4.94. The molecule has 1 N–H and O–H groups in total. The topological polar surface area (TPSA) is 20.2 Å². The zero-order valence-electron chi connectivity index (χ0n) is 7.80. The lowest BCUT2D eigenvalue weighted by atomic mass is 10.2. The van der Waals surface area contributed by atoms with Crippen LogP contribution in [0.2, 0.25) is 10.0 Å². The second-order valence-corrected chi connectivity index (χ2v) is 3.86. The number of alkyl halides is 3. The minimum Gasteiger partial charge on any atom is -0.380 e. The molecule has 1 aromatic rings. The first-order chi connectivity index (χ1) is 7.30. The average molecular weight is 271 g/mol. The fourth-order valence-electron chi connectivity index (χ4n) is 0.941. The van der Waals surface area contributed by atoms with E-state index in [2.05, 4.69) is 0 Å². The van der Waals surface area contributed by atoms with Crippen molar-refractivity contribution in [3.8, 4) is 0 Å². The smallest absolute Gasteiger partial charge is 0.380 e. The molecule has 88 valence electrons. The van der Waals surface area contributed by atoms with Gasteiger partial charge in [-0.2, -0.15) is 13.2 Å². The van der Waals surface area contributed by atoms with Gasteiger partial charge in [0, 0.05) is 10.0 Å². The van der Waals surface area contributed by atoms with Gasteiger partial charge in [-0.3, -0.25) is 0 Å². The van der Waals surface area contributed by atoms with Gasteiger partial charge in [0.05, 0.1) is 0 Å². The number of hydrogen-bond donors (Lipinski definition) is 1. The second kappa shape index (κ2) is 5.08. The third kappa shape index (κ3) is 3.70. The van der Waals surface area contributed by atoms with E-state index in [4.69, 9.17) is 28.3 Å². The zero-order chi connectivity index (χ0) is 12.3. The van der Waals surface area contributed by atoms with Crippen molar-refractivity contribution in [2.24, 2.45) is 0 Å². The molecular formula is C10H7Cl2F3O. The van der Waals surface area contributed by atoms with Crippen molar-refractivity contribution in [2.45, 2.75) is 12.3 Å². The molecule has 0 aliphatic rings. The first kappa shape index (κ1) is 13.4. The summed E-state index contributed by atoms with van der Waals surface area (Å²) >= 11 is 11.3. The van der Waals surface area contributed by atoms with Crippen LogP contribution in [0.4, 0.5) is 13.2 Å². The Morgan fingerprint density at radius 3 is 2.38 bits per heavy atom. The highest BCUT2D eigenvalue weighted by atomic mass is 35.5. The van der Waals surface area contributed by atoms with Crippen LogP contribution in [0.3, 0.4) is 0 Å². The summed E-state index contributed by atoms with van der Waals surface area (Å²) in [7, 11) is 0. The van der Waals surface area contributed by atoms with Gasteiger partial charge in [-0.05, 0) is 23.8 Å². The first-order valence-electron chi connectivity index (χ1n) is 4.19. The molecule has 0 fully saturated rings. The fraction of sp³-hybridized carbons (Fsp3) is 0.200. The van der Waals surface area contributed by atoms with Crippen molar-refractivity contribution in [3.05, 3.63) is 39.9 Å². The van der Waals surface area contributed by atoms with Crippen LogP contribution in [0, 0.1) is 0 Å². The molecule has 0 aromatic heterocycles. The summed E-state index contributed by atoms with van der Waals surface area (Å²) < 4.78 is 35.9. The largest absolute Gasteiger partial charge is 0.417 e. The lowest BCUT2D eigenvalue weighted by Gasteiger charge is -2.09. The maximum Gasteiger partial charge on any atom is 0.417 e. The summed E-state index contributed by atoms with van der Waals surface area (Å²) in [4.78, 5) is 0. The molecule has 1 nitrogen and oxygen atoms in total. The van der Waals surface area contributed by atoms with Gasteiger partial charge in [0.25, 0.3) is 0 Å². The second-order valence-electron chi connectivity index (χ2n) is 3.01. The molecule has 0 radical (unpaired) electrons. The highest BCUT2D eigenvalue weighted by Gasteiger charge is 2.36. The van der Waals surface area contributed by atoms with Gasteiger partial charge < -0.3 is 5.11 Å². The summed E-state index contributed by atoms with van der Waals surface area (Å²) in [6, 6.07) is 4.36. The predicted molar refractivity (Wildman–Crippen MR) is 57.6 cm³/mol. The normalized spacial score (nSPS) is 14.4. The molecule has 16 heavy (non-hydrogen) atoms. The molecule has 0 heterocycles. The molecule has 0 saturated carbocycles. The molecule has 1 unspecified atom stereocenters. The van der Waals surface area contributed by atoms with E-state index in [0.717, 1.165) is 6.08 Å². The number of halogens is 5. The Balaban J connectivity index is 2.85. The fourth-order valence-corrected chi connectivity index (χ4v) is 1.41. The molecule has 0 spiro atoms. The molecule has 6 heteroatoms. The number of aliphatic hydroxyl groups excluding tert-OH is 1. The predicted octanol–water partition coefficient (Wildman–Crippen LogP) is 3.93. The van der Waals surface area contributed by atoms with Crippen molar-refractivity contribution in [1.29, 1.82) is 0 Å². The number of benzene rings is 1. The molecule has 0 saturated heterocycles.